The minimum Gasteiger partial charge on any atom is -0.245 e. The van der Waals surface area contributed by atoms with Gasteiger partial charge in [0.2, 0.25) is 0 Å². The Labute approximate surface area is 94.7 Å². The summed E-state index contributed by atoms with van der Waals surface area (Å²) in [5.41, 5.74) is 3.77. The molecule has 1 aromatic heterocycles. The van der Waals surface area contributed by atoms with Gasteiger partial charge in [-0.2, -0.15) is 0 Å². The first-order valence-electron chi connectivity index (χ1n) is 4.90. The molecule has 0 aliphatic carbocycles. The van der Waals surface area contributed by atoms with Gasteiger partial charge >= 0.3 is 0 Å². The molecule has 0 bridgehead atoms. The van der Waals surface area contributed by atoms with Crippen LogP contribution < -0.4 is 0 Å². The molecular weight excluding hydrogens is 206 g/mol. The van der Waals surface area contributed by atoms with Crippen LogP contribution in [0.4, 0.5) is 0 Å². The maximum atomic E-state index is 5.83. The van der Waals surface area contributed by atoms with E-state index in [9.17, 15) is 0 Å². The molecule has 0 atom stereocenters. The number of nitrogens with zero attached hydrogens (tertiary/aromatic N) is 1. The summed E-state index contributed by atoms with van der Waals surface area (Å²) >= 11 is 5.83. The molecule has 0 radical (unpaired) electrons. The van der Waals surface area contributed by atoms with Crippen molar-refractivity contribution in [1.82, 2.24) is 4.98 Å². The number of pyridine rings is 1. The quantitative estimate of drug-likeness (QED) is 0.700. The summed E-state index contributed by atoms with van der Waals surface area (Å²) in [6, 6.07) is 12.4. The molecule has 2 rings (SSSR count). The fourth-order valence-electron chi connectivity index (χ4n) is 1.49. The molecule has 15 heavy (non-hydrogen) atoms. The van der Waals surface area contributed by atoms with Gasteiger partial charge in [0.05, 0.1) is 0 Å². The molecule has 2 aromatic rings. The van der Waals surface area contributed by atoms with Crippen molar-refractivity contribution in [1.29, 1.82) is 0 Å². The van der Waals surface area contributed by atoms with Crippen LogP contribution in [0, 0.1) is 6.92 Å². The van der Waals surface area contributed by atoms with Crippen LogP contribution in [0.5, 0.6) is 0 Å². The van der Waals surface area contributed by atoms with E-state index in [1.165, 1.54) is 16.7 Å². The number of aryl methyl sites for hydroxylation is 1. The summed E-state index contributed by atoms with van der Waals surface area (Å²) < 4.78 is 0. The van der Waals surface area contributed by atoms with Crippen molar-refractivity contribution >= 4 is 11.6 Å². The average Bonchev–Trinajstić information content (AvgIpc) is 2.22. The Morgan fingerprint density at radius 1 is 1.07 bits per heavy atom. The third kappa shape index (κ3) is 2.80. The van der Waals surface area contributed by atoms with Gasteiger partial charge in [-0.3, -0.25) is 0 Å². The Morgan fingerprint density at radius 3 is 2.47 bits per heavy atom. The normalized spacial score (nSPS) is 10.3. The first-order valence-corrected chi connectivity index (χ1v) is 5.28. The van der Waals surface area contributed by atoms with E-state index in [-0.39, 0.29) is 0 Å². The number of hydrogen-bond donors (Lipinski definition) is 0. The molecule has 0 fully saturated rings. The zero-order valence-electron chi connectivity index (χ0n) is 8.57. The minimum atomic E-state index is 0.555. The summed E-state index contributed by atoms with van der Waals surface area (Å²) in [4.78, 5) is 3.96. The Bertz CT molecular complexity index is 448. The van der Waals surface area contributed by atoms with Gasteiger partial charge in [0.15, 0.2) is 0 Å². The lowest BCUT2D eigenvalue weighted by molar-refractivity contribution is 1.16. The molecule has 0 N–H and O–H groups in total. The van der Waals surface area contributed by atoms with E-state index < -0.39 is 0 Å². The van der Waals surface area contributed by atoms with E-state index in [1.807, 2.05) is 12.1 Å². The third-order valence-electron chi connectivity index (χ3n) is 2.32. The maximum Gasteiger partial charge on any atom is 0.129 e. The number of rotatable bonds is 2. The van der Waals surface area contributed by atoms with Crippen molar-refractivity contribution in [3.05, 3.63) is 64.4 Å². The zero-order valence-corrected chi connectivity index (χ0v) is 9.33. The SMILES string of the molecule is Cc1ccc(Cc2ccnc(Cl)c2)cc1. The van der Waals surface area contributed by atoms with Crippen molar-refractivity contribution in [2.75, 3.05) is 0 Å². The number of benzene rings is 1. The molecule has 1 aromatic carbocycles. The molecule has 0 amide bonds. The summed E-state index contributed by atoms with van der Waals surface area (Å²) in [7, 11) is 0. The van der Waals surface area contributed by atoms with Gasteiger partial charge < -0.3 is 0 Å². The van der Waals surface area contributed by atoms with E-state index >= 15 is 0 Å². The van der Waals surface area contributed by atoms with Crippen molar-refractivity contribution < 1.29 is 0 Å². The van der Waals surface area contributed by atoms with Crippen LogP contribution >= 0.6 is 11.6 Å². The molecule has 2 heteroatoms. The van der Waals surface area contributed by atoms with E-state index in [0.717, 1.165) is 6.42 Å². The van der Waals surface area contributed by atoms with Crippen molar-refractivity contribution in [2.45, 2.75) is 13.3 Å². The largest absolute Gasteiger partial charge is 0.245 e. The topological polar surface area (TPSA) is 12.9 Å². The van der Waals surface area contributed by atoms with Gasteiger partial charge in [0.25, 0.3) is 0 Å². The molecule has 0 spiro atoms. The second-order valence-electron chi connectivity index (χ2n) is 3.65. The fourth-order valence-corrected chi connectivity index (χ4v) is 1.69. The molecule has 0 saturated carbocycles. The van der Waals surface area contributed by atoms with Crippen molar-refractivity contribution in [2.24, 2.45) is 0 Å². The van der Waals surface area contributed by atoms with Crippen molar-refractivity contribution in [3.63, 3.8) is 0 Å². The molecule has 76 valence electrons. The second-order valence-corrected chi connectivity index (χ2v) is 4.04. The monoisotopic (exact) mass is 217 g/mol. The molecule has 0 aliphatic heterocycles. The lowest BCUT2D eigenvalue weighted by Gasteiger charge is -2.02. The van der Waals surface area contributed by atoms with E-state index in [1.54, 1.807) is 6.20 Å². The smallest absolute Gasteiger partial charge is 0.129 e. The molecule has 0 unspecified atom stereocenters. The summed E-state index contributed by atoms with van der Waals surface area (Å²) in [5, 5.41) is 0.555. The van der Waals surface area contributed by atoms with Gasteiger partial charge in [-0.15, -0.1) is 0 Å². The van der Waals surface area contributed by atoms with Crippen LogP contribution in [0.3, 0.4) is 0 Å². The average molecular weight is 218 g/mol. The van der Waals surface area contributed by atoms with Crippen LogP contribution in [0.2, 0.25) is 5.15 Å². The van der Waals surface area contributed by atoms with E-state index in [4.69, 9.17) is 11.6 Å². The van der Waals surface area contributed by atoms with Crippen LogP contribution in [-0.2, 0) is 6.42 Å². The molecule has 1 nitrogen and oxygen atoms in total. The highest BCUT2D eigenvalue weighted by Gasteiger charge is 1.97. The second kappa shape index (κ2) is 4.45. The summed E-state index contributed by atoms with van der Waals surface area (Å²) in [6.45, 7) is 2.09. The predicted octanol–water partition coefficient (Wildman–Crippen LogP) is 3.63. The molecule has 0 aliphatic rings. The number of hydrogen-bond acceptors (Lipinski definition) is 1. The van der Waals surface area contributed by atoms with E-state index in [2.05, 4.69) is 36.2 Å². The Kier molecular flexibility index (Phi) is 3.02. The van der Waals surface area contributed by atoms with Gasteiger partial charge in [-0.1, -0.05) is 41.4 Å². The number of halogens is 1. The highest BCUT2D eigenvalue weighted by molar-refractivity contribution is 6.29. The standard InChI is InChI=1S/C13H12ClN/c1-10-2-4-11(5-3-10)8-12-6-7-15-13(14)9-12/h2-7,9H,8H2,1H3. The summed E-state index contributed by atoms with van der Waals surface area (Å²) in [5.74, 6) is 0. The lowest BCUT2D eigenvalue weighted by Crippen LogP contribution is -1.88. The Balaban J connectivity index is 2.18. The lowest BCUT2D eigenvalue weighted by atomic mass is 10.1. The first-order chi connectivity index (χ1) is 7.24. The Morgan fingerprint density at radius 2 is 1.80 bits per heavy atom. The summed E-state index contributed by atoms with van der Waals surface area (Å²) in [6.07, 6.45) is 2.65. The third-order valence-corrected chi connectivity index (χ3v) is 2.53. The minimum absolute atomic E-state index is 0.555. The van der Waals surface area contributed by atoms with Crippen LogP contribution in [0.25, 0.3) is 0 Å². The Hall–Kier alpha value is -1.34. The van der Waals surface area contributed by atoms with Crippen molar-refractivity contribution in [3.8, 4) is 0 Å². The number of aromatic nitrogens is 1. The maximum absolute atomic E-state index is 5.83. The molecular formula is C13H12ClN. The van der Waals surface area contributed by atoms with Crippen LogP contribution in [-0.4, -0.2) is 4.98 Å². The van der Waals surface area contributed by atoms with Crippen LogP contribution in [0.1, 0.15) is 16.7 Å². The van der Waals surface area contributed by atoms with Gasteiger partial charge in [-0.25, -0.2) is 4.98 Å². The van der Waals surface area contributed by atoms with Gasteiger partial charge in [0.1, 0.15) is 5.15 Å². The van der Waals surface area contributed by atoms with E-state index in [0.29, 0.717) is 5.15 Å². The fraction of sp³-hybridized carbons (Fsp3) is 0.154. The highest BCUT2D eigenvalue weighted by Crippen LogP contribution is 2.13. The first kappa shape index (κ1) is 10.2. The van der Waals surface area contributed by atoms with Crippen LogP contribution in [0.15, 0.2) is 42.6 Å². The van der Waals surface area contributed by atoms with Gasteiger partial charge in [0, 0.05) is 6.20 Å². The zero-order chi connectivity index (χ0) is 10.7. The molecule has 0 saturated heterocycles. The highest BCUT2D eigenvalue weighted by atomic mass is 35.5. The van der Waals surface area contributed by atoms with Gasteiger partial charge in [-0.05, 0) is 36.6 Å². The molecule has 1 heterocycles. The predicted molar refractivity (Wildman–Crippen MR) is 63.2 cm³/mol.